The number of aromatic nitrogens is 1. The third kappa shape index (κ3) is 5.92. The van der Waals surface area contributed by atoms with Crippen molar-refractivity contribution in [1.82, 2.24) is 4.98 Å². The zero-order valence-electron chi connectivity index (χ0n) is 18.0. The fourth-order valence-corrected chi connectivity index (χ4v) is 4.22. The van der Waals surface area contributed by atoms with Crippen LogP contribution in [0.5, 0.6) is 0 Å². The molecule has 0 bridgehead atoms. The average Bonchev–Trinajstić information content (AvgIpc) is 3.25. The fourth-order valence-electron chi connectivity index (χ4n) is 2.92. The van der Waals surface area contributed by atoms with Gasteiger partial charge in [0.15, 0.2) is 5.13 Å². The SMILES string of the molecule is CCOCc1cccc(-c2csc(NC(=O)c3cc(Cl)c(/C=C(/OC)C(=O)O)c(Cl)c3)n2)c1F. The van der Waals surface area contributed by atoms with Gasteiger partial charge in [0.2, 0.25) is 5.76 Å². The van der Waals surface area contributed by atoms with Gasteiger partial charge in [-0.05, 0) is 31.2 Å². The van der Waals surface area contributed by atoms with Gasteiger partial charge in [0, 0.05) is 34.2 Å². The van der Waals surface area contributed by atoms with Crippen LogP contribution in [0.15, 0.2) is 41.5 Å². The van der Waals surface area contributed by atoms with Crippen LogP contribution in [0.1, 0.15) is 28.4 Å². The quantitative estimate of drug-likeness (QED) is 0.258. The number of carbonyl (C=O) groups is 2. The molecule has 0 aliphatic heterocycles. The average molecular weight is 525 g/mol. The van der Waals surface area contributed by atoms with Gasteiger partial charge in [-0.3, -0.25) is 10.1 Å². The minimum atomic E-state index is -1.30. The first kappa shape index (κ1) is 25.6. The molecular formula is C23H19Cl2FN2O5S. The lowest BCUT2D eigenvalue weighted by atomic mass is 10.1. The zero-order valence-corrected chi connectivity index (χ0v) is 20.4. The van der Waals surface area contributed by atoms with E-state index in [-0.39, 0.29) is 38.7 Å². The minimum absolute atomic E-state index is 0.0569. The lowest BCUT2D eigenvalue weighted by Crippen LogP contribution is -2.12. The number of ether oxygens (including phenoxy) is 2. The largest absolute Gasteiger partial charge is 0.490 e. The maximum atomic E-state index is 14.8. The molecule has 3 rings (SSSR count). The number of hydrogen-bond donors (Lipinski definition) is 2. The molecule has 0 radical (unpaired) electrons. The van der Waals surface area contributed by atoms with Crippen LogP contribution in [0.25, 0.3) is 17.3 Å². The molecule has 11 heteroatoms. The molecular weight excluding hydrogens is 506 g/mol. The summed E-state index contributed by atoms with van der Waals surface area (Å²) in [6, 6.07) is 7.64. The van der Waals surface area contributed by atoms with Crippen molar-refractivity contribution in [3.05, 3.63) is 74.0 Å². The number of nitrogens with one attached hydrogen (secondary N) is 1. The van der Waals surface area contributed by atoms with Gasteiger partial charge in [-0.2, -0.15) is 0 Å². The van der Waals surface area contributed by atoms with Crippen LogP contribution in [-0.2, 0) is 20.9 Å². The van der Waals surface area contributed by atoms with Crippen LogP contribution in [-0.4, -0.2) is 35.7 Å². The standard InChI is InChI=1S/C23H19Cl2FN2O5S/c1-3-33-10-12-5-4-6-14(20(12)26)18-11-34-23(27-18)28-21(29)13-7-16(24)15(17(25)8-13)9-19(32-2)22(30)31/h4-9,11H,3,10H2,1-2H3,(H,30,31)(H,27,28,29)/b19-9+. The van der Waals surface area contributed by atoms with Gasteiger partial charge < -0.3 is 14.6 Å². The van der Waals surface area contributed by atoms with E-state index in [0.29, 0.717) is 23.4 Å². The summed E-state index contributed by atoms with van der Waals surface area (Å²) in [5, 5.41) is 13.7. The molecule has 0 saturated carbocycles. The number of rotatable bonds is 9. The Bertz CT molecular complexity index is 1240. The second-order valence-corrected chi connectivity index (χ2v) is 8.45. The van der Waals surface area contributed by atoms with E-state index in [9.17, 15) is 14.0 Å². The summed E-state index contributed by atoms with van der Waals surface area (Å²) in [6.07, 6.45) is 1.16. The number of hydrogen-bond acceptors (Lipinski definition) is 6. The molecule has 3 aromatic rings. The van der Waals surface area contributed by atoms with Gasteiger partial charge in [0.05, 0.1) is 29.5 Å². The van der Waals surface area contributed by atoms with Crippen molar-refractivity contribution in [3.8, 4) is 11.3 Å². The van der Waals surface area contributed by atoms with Crippen molar-refractivity contribution < 1.29 is 28.6 Å². The Morgan fingerprint density at radius 3 is 2.59 bits per heavy atom. The first-order chi connectivity index (χ1) is 16.2. The van der Waals surface area contributed by atoms with Gasteiger partial charge in [-0.15, -0.1) is 11.3 Å². The van der Waals surface area contributed by atoms with Gasteiger partial charge in [0.25, 0.3) is 5.91 Å². The summed E-state index contributed by atoms with van der Waals surface area (Å²) in [5.74, 6) is -2.64. The molecule has 0 aliphatic carbocycles. The molecule has 7 nitrogen and oxygen atoms in total. The predicted octanol–water partition coefficient (Wildman–Crippen LogP) is 6.12. The lowest BCUT2D eigenvalue weighted by molar-refractivity contribution is -0.135. The number of carbonyl (C=O) groups excluding carboxylic acids is 1. The Morgan fingerprint density at radius 2 is 1.97 bits per heavy atom. The van der Waals surface area contributed by atoms with E-state index in [2.05, 4.69) is 10.3 Å². The number of amides is 1. The molecule has 0 unspecified atom stereocenters. The number of halogens is 3. The number of anilines is 1. The summed E-state index contributed by atoms with van der Waals surface area (Å²) < 4.78 is 24.9. The second kappa shape index (κ2) is 11.4. The summed E-state index contributed by atoms with van der Waals surface area (Å²) >= 11 is 13.6. The Morgan fingerprint density at radius 1 is 1.26 bits per heavy atom. The highest BCUT2D eigenvalue weighted by atomic mass is 35.5. The van der Waals surface area contributed by atoms with Crippen LogP contribution in [0.3, 0.4) is 0 Å². The number of methoxy groups -OCH3 is 1. The minimum Gasteiger partial charge on any atom is -0.490 e. The maximum absolute atomic E-state index is 14.8. The molecule has 1 aromatic heterocycles. The fraction of sp³-hybridized carbons (Fsp3) is 0.174. The predicted molar refractivity (Wildman–Crippen MR) is 130 cm³/mol. The Balaban J connectivity index is 1.81. The van der Waals surface area contributed by atoms with Crippen LogP contribution in [0, 0.1) is 5.82 Å². The molecule has 0 aliphatic rings. The molecule has 0 fully saturated rings. The Hall–Kier alpha value is -2.98. The lowest BCUT2D eigenvalue weighted by Gasteiger charge is -2.08. The third-order valence-corrected chi connectivity index (χ3v) is 5.97. The van der Waals surface area contributed by atoms with Crippen molar-refractivity contribution in [2.24, 2.45) is 0 Å². The second-order valence-electron chi connectivity index (χ2n) is 6.78. The van der Waals surface area contributed by atoms with E-state index in [4.69, 9.17) is 37.8 Å². The molecule has 1 heterocycles. The highest BCUT2D eigenvalue weighted by molar-refractivity contribution is 7.14. The number of carboxylic acid groups (broad SMARTS) is 1. The molecule has 178 valence electrons. The van der Waals surface area contributed by atoms with E-state index in [1.807, 2.05) is 6.92 Å². The highest BCUT2D eigenvalue weighted by Gasteiger charge is 2.17. The molecule has 34 heavy (non-hydrogen) atoms. The van der Waals surface area contributed by atoms with Crippen LogP contribution < -0.4 is 5.32 Å². The van der Waals surface area contributed by atoms with Crippen LogP contribution in [0.4, 0.5) is 9.52 Å². The maximum Gasteiger partial charge on any atom is 0.371 e. The molecule has 2 aromatic carbocycles. The number of nitrogens with zero attached hydrogens (tertiary/aromatic N) is 1. The molecule has 0 atom stereocenters. The summed E-state index contributed by atoms with van der Waals surface area (Å²) in [7, 11) is 1.20. The van der Waals surface area contributed by atoms with E-state index in [0.717, 1.165) is 17.4 Å². The molecule has 0 saturated heterocycles. The van der Waals surface area contributed by atoms with Crippen LogP contribution in [0.2, 0.25) is 10.0 Å². The van der Waals surface area contributed by atoms with Crippen LogP contribution >= 0.6 is 34.5 Å². The number of aliphatic carboxylic acids is 1. The van der Waals surface area contributed by atoms with Crippen molar-refractivity contribution >= 4 is 57.6 Å². The normalized spacial score (nSPS) is 11.4. The Kier molecular flexibility index (Phi) is 8.62. The zero-order chi connectivity index (χ0) is 24.8. The topological polar surface area (TPSA) is 97.8 Å². The monoisotopic (exact) mass is 524 g/mol. The third-order valence-electron chi connectivity index (χ3n) is 4.59. The number of thiazole rings is 1. The van der Waals surface area contributed by atoms with Crippen molar-refractivity contribution in [2.45, 2.75) is 13.5 Å². The van der Waals surface area contributed by atoms with Crippen molar-refractivity contribution in [2.75, 3.05) is 19.0 Å². The molecule has 1 amide bonds. The van der Waals surface area contributed by atoms with E-state index in [1.54, 1.807) is 23.6 Å². The molecule has 2 N–H and O–H groups in total. The van der Waals surface area contributed by atoms with E-state index < -0.39 is 17.7 Å². The van der Waals surface area contributed by atoms with Gasteiger partial charge in [0.1, 0.15) is 5.82 Å². The smallest absolute Gasteiger partial charge is 0.371 e. The first-order valence-electron chi connectivity index (χ1n) is 9.85. The van der Waals surface area contributed by atoms with Gasteiger partial charge in [-0.25, -0.2) is 14.2 Å². The highest BCUT2D eigenvalue weighted by Crippen LogP contribution is 2.31. The first-order valence-corrected chi connectivity index (χ1v) is 11.5. The number of benzene rings is 2. The Labute approximate surface area is 208 Å². The van der Waals surface area contributed by atoms with Crippen molar-refractivity contribution in [3.63, 3.8) is 0 Å². The summed E-state index contributed by atoms with van der Waals surface area (Å²) in [5.41, 5.74) is 1.40. The van der Waals surface area contributed by atoms with E-state index >= 15 is 0 Å². The van der Waals surface area contributed by atoms with Gasteiger partial charge in [-0.1, -0.05) is 35.3 Å². The molecule has 0 spiro atoms. The summed E-state index contributed by atoms with van der Waals surface area (Å²) in [6.45, 7) is 2.44. The van der Waals surface area contributed by atoms with Gasteiger partial charge >= 0.3 is 5.97 Å². The van der Waals surface area contributed by atoms with Crippen molar-refractivity contribution in [1.29, 1.82) is 0 Å². The summed E-state index contributed by atoms with van der Waals surface area (Å²) in [4.78, 5) is 28.2. The van der Waals surface area contributed by atoms with E-state index in [1.165, 1.54) is 19.2 Å². The number of carboxylic acids is 1.